The molecular formula is C54H43NS. The van der Waals surface area contributed by atoms with Gasteiger partial charge in [0, 0.05) is 48.1 Å². The van der Waals surface area contributed by atoms with Crippen LogP contribution in [0.25, 0.3) is 53.6 Å². The van der Waals surface area contributed by atoms with Gasteiger partial charge in [-0.3, -0.25) is 0 Å². The molecule has 0 radical (unpaired) electrons. The molecule has 4 saturated carbocycles. The Morgan fingerprint density at radius 1 is 0.482 bits per heavy atom. The molecule has 8 aromatic rings. The number of anilines is 3. The first-order chi connectivity index (χ1) is 27.5. The van der Waals surface area contributed by atoms with Crippen molar-refractivity contribution in [2.24, 2.45) is 23.7 Å². The number of nitrogens with zero attached hydrogens (tertiary/aromatic N) is 1. The molecule has 6 aliphatic rings. The lowest BCUT2D eigenvalue weighted by molar-refractivity contribution is 0.191. The van der Waals surface area contributed by atoms with Gasteiger partial charge in [-0.2, -0.15) is 0 Å². The first-order valence-corrected chi connectivity index (χ1v) is 21.6. The number of benzene rings is 7. The van der Waals surface area contributed by atoms with Crippen molar-refractivity contribution in [2.75, 3.05) is 4.90 Å². The van der Waals surface area contributed by atoms with Crippen molar-refractivity contribution in [3.05, 3.63) is 174 Å². The zero-order chi connectivity index (χ0) is 36.9. The summed E-state index contributed by atoms with van der Waals surface area (Å²) in [6.07, 6.45) is 5.64. The zero-order valence-electron chi connectivity index (χ0n) is 31.9. The summed E-state index contributed by atoms with van der Waals surface area (Å²) in [7, 11) is 0. The van der Waals surface area contributed by atoms with Crippen molar-refractivity contribution in [3.8, 4) is 33.4 Å². The van der Waals surface area contributed by atoms with Crippen molar-refractivity contribution >= 4 is 48.6 Å². The molecular weight excluding hydrogens is 695 g/mol. The van der Waals surface area contributed by atoms with Gasteiger partial charge in [-0.25, -0.2) is 0 Å². The summed E-state index contributed by atoms with van der Waals surface area (Å²) in [5.41, 5.74) is 18.0. The predicted molar refractivity (Wildman–Crippen MR) is 236 cm³/mol. The lowest BCUT2D eigenvalue weighted by Gasteiger charge is -2.44. The van der Waals surface area contributed by atoms with Crippen LogP contribution in [0.4, 0.5) is 17.1 Å². The first-order valence-electron chi connectivity index (χ1n) is 20.8. The normalized spacial score (nSPS) is 24.2. The second-order valence-corrected chi connectivity index (χ2v) is 19.2. The van der Waals surface area contributed by atoms with Gasteiger partial charge in [0.2, 0.25) is 0 Å². The monoisotopic (exact) mass is 737 g/mol. The van der Waals surface area contributed by atoms with E-state index in [2.05, 4.69) is 170 Å². The minimum absolute atomic E-state index is 0.0823. The number of hydrogen-bond acceptors (Lipinski definition) is 2. The molecule has 1 spiro atoms. The summed E-state index contributed by atoms with van der Waals surface area (Å²) >= 11 is 1.90. The Bertz CT molecular complexity index is 2950. The van der Waals surface area contributed by atoms with Crippen LogP contribution < -0.4 is 4.90 Å². The predicted octanol–water partition coefficient (Wildman–Crippen LogP) is 14.8. The molecule has 56 heavy (non-hydrogen) atoms. The summed E-state index contributed by atoms with van der Waals surface area (Å²) in [5.74, 6) is 3.30. The SMILES string of the molecule is CC1(C)c2ccccc2-c2ccc(N(c3ccc4c(c3)-c3cc(-c5ccccc5)ccc3C43C4CC5CC(C4)C3C5)c3ccc4c(c3)sc3ccccc34)cc21. The second kappa shape index (κ2) is 11.1. The van der Waals surface area contributed by atoms with E-state index < -0.39 is 0 Å². The highest BCUT2D eigenvalue weighted by Crippen LogP contribution is 2.73. The van der Waals surface area contributed by atoms with E-state index >= 15 is 0 Å². The van der Waals surface area contributed by atoms with Crippen LogP contribution in [0, 0.1) is 23.7 Å². The van der Waals surface area contributed by atoms with Crippen LogP contribution in [0.15, 0.2) is 152 Å². The quantitative estimate of drug-likeness (QED) is 0.174. The van der Waals surface area contributed by atoms with E-state index in [1.807, 2.05) is 11.3 Å². The van der Waals surface area contributed by atoms with Crippen LogP contribution in [-0.2, 0) is 10.8 Å². The average molecular weight is 738 g/mol. The van der Waals surface area contributed by atoms with E-state index in [4.69, 9.17) is 0 Å². The first kappa shape index (κ1) is 31.7. The third-order valence-electron chi connectivity index (χ3n) is 15.2. The number of fused-ring (bicyclic) bond motifs is 9. The van der Waals surface area contributed by atoms with Gasteiger partial charge in [0.1, 0.15) is 0 Å². The fourth-order valence-corrected chi connectivity index (χ4v) is 14.2. The minimum Gasteiger partial charge on any atom is -0.310 e. The molecule has 0 amide bonds. The smallest absolute Gasteiger partial charge is 0.0476 e. The van der Waals surface area contributed by atoms with E-state index in [-0.39, 0.29) is 10.8 Å². The summed E-state index contributed by atoms with van der Waals surface area (Å²) in [6.45, 7) is 4.79. The average Bonchev–Trinajstić information content (AvgIpc) is 3.96. The van der Waals surface area contributed by atoms with Crippen LogP contribution in [0.3, 0.4) is 0 Å². The Morgan fingerprint density at radius 2 is 1.18 bits per heavy atom. The maximum Gasteiger partial charge on any atom is 0.0476 e. The van der Waals surface area contributed by atoms with Gasteiger partial charge < -0.3 is 4.90 Å². The highest BCUT2D eigenvalue weighted by atomic mass is 32.1. The molecule has 0 aliphatic heterocycles. The molecule has 1 aromatic heterocycles. The van der Waals surface area contributed by atoms with Crippen LogP contribution in [0.1, 0.15) is 61.8 Å². The van der Waals surface area contributed by atoms with Gasteiger partial charge in [0.05, 0.1) is 0 Å². The third-order valence-corrected chi connectivity index (χ3v) is 16.4. The van der Waals surface area contributed by atoms with Crippen LogP contribution in [0.2, 0.25) is 0 Å². The Morgan fingerprint density at radius 3 is 2.07 bits per heavy atom. The van der Waals surface area contributed by atoms with E-state index in [1.165, 1.54) is 107 Å². The van der Waals surface area contributed by atoms with Crippen molar-refractivity contribution in [1.82, 2.24) is 0 Å². The minimum atomic E-state index is -0.0823. The number of thiophene rings is 1. The lowest BCUT2D eigenvalue weighted by atomic mass is 9.59. The Kier molecular flexibility index (Phi) is 6.30. The molecule has 1 nitrogen and oxygen atoms in total. The Hall–Kier alpha value is -5.44. The summed E-state index contributed by atoms with van der Waals surface area (Å²) < 4.78 is 2.68. The lowest BCUT2D eigenvalue weighted by Crippen LogP contribution is -2.40. The van der Waals surface area contributed by atoms with Gasteiger partial charge in [-0.15, -0.1) is 11.3 Å². The van der Waals surface area contributed by atoms with Crippen LogP contribution in [-0.4, -0.2) is 0 Å². The second-order valence-electron chi connectivity index (χ2n) is 18.1. The maximum absolute atomic E-state index is 2.58. The van der Waals surface area contributed by atoms with Crippen molar-refractivity contribution in [1.29, 1.82) is 0 Å². The van der Waals surface area contributed by atoms with Crippen molar-refractivity contribution in [3.63, 3.8) is 0 Å². The van der Waals surface area contributed by atoms with Crippen molar-refractivity contribution in [2.45, 2.75) is 50.4 Å². The van der Waals surface area contributed by atoms with Gasteiger partial charge in [0.15, 0.2) is 0 Å². The largest absolute Gasteiger partial charge is 0.310 e. The molecule has 0 N–H and O–H groups in total. The molecule has 4 fully saturated rings. The zero-order valence-corrected chi connectivity index (χ0v) is 32.7. The van der Waals surface area contributed by atoms with Gasteiger partial charge in [-0.05, 0) is 154 Å². The van der Waals surface area contributed by atoms with Crippen LogP contribution in [0.5, 0.6) is 0 Å². The fourth-order valence-electron chi connectivity index (χ4n) is 13.1. The summed E-state index contributed by atoms with van der Waals surface area (Å²) in [4.78, 5) is 2.56. The molecule has 7 aromatic carbocycles. The molecule has 1 heterocycles. The maximum atomic E-state index is 2.58. The Labute approximate surface area is 333 Å². The van der Waals surface area contributed by atoms with Gasteiger partial charge >= 0.3 is 0 Å². The van der Waals surface area contributed by atoms with E-state index in [9.17, 15) is 0 Å². The standard InChI is InChI=1S/C54H43NS/c1-53(2)46-14-8-6-12-40(46)41-20-17-38(30-50(41)53)55(39-18-21-43-42-13-7-9-15-51(42)56-52(43)31-39)37-19-23-48-45(29-37)44-28-34(33-10-4-3-5-11-33)16-22-47(44)54(48)36-25-32-24-35(27-36)49(54)26-32/h3-23,28-32,35-36,49H,24-27H2,1-2H3. The van der Waals surface area contributed by atoms with Gasteiger partial charge in [0.25, 0.3) is 0 Å². The fraction of sp³-hybridized carbons (Fsp3) is 0.222. The molecule has 5 atom stereocenters. The van der Waals surface area contributed by atoms with E-state index in [1.54, 1.807) is 11.1 Å². The highest BCUT2D eigenvalue weighted by molar-refractivity contribution is 7.25. The highest BCUT2D eigenvalue weighted by Gasteiger charge is 2.66. The summed E-state index contributed by atoms with van der Waals surface area (Å²) in [6, 6.07) is 58.5. The third kappa shape index (κ3) is 4.06. The molecule has 4 bridgehead atoms. The topological polar surface area (TPSA) is 3.24 Å². The summed E-state index contributed by atoms with van der Waals surface area (Å²) in [5, 5.41) is 2.68. The molecule has 270 valence electrons. The van der Waals surface area contributed by atoms with Crippen molar-refractivity contribution < 1.29 is 0 Å². The van der Waals surface area contributed by atoms with Crippen LogP contribution >= 0.6 is 11.3 Å². The molecule has 5 unspecified atom stereocenters. The Balaban J connectivity index is 1.04. The van der Waals surface area contributed by atoms with E-state index in [0.29, 0.717) is 0 Å². The molecule has 0 saturated heterocycles. The number of rotatable bonds is 4. The van der Waals surface area contributed by atoms with E-state index in [0.717, 1.165) is 23.7 Å². The molecule has 14 rings (SSSR count). The number of hydrogen-bond donors (Lipinski definition) is 0. The van der Waals surface area contributed by atoms with Gasteiger partial charge in [-0.1, -0.05) is 117 Å². The molecule has 2 heteroatoms. The molecule has 6 aliphatic carbocycles.